The van der Waals surface area contributed by atoms with E-state index in [1.54, 1.807) is 0 Å². The highest BCUT2D eigenvalue weighted by Crippen LogP contribution is 2.37. The van der Waals surface area contributed by atoms with Gasteiger partial charge in [0.05, 0.1) is 11.0 Å². The molecular weight excluding hydrogens is 693 g/mol. The van der Waals surface area contributed by atoms with Gasteiger partial charge >= 0.3 is 0 Å². The van der Waals surface area contributed by atoms with Gasteiger partial charge in [0.15, 0.2) is 17.5 Å². The Balaban J connectivity index is 0.923. The molecule has 0 saturated carbocycles. The minimum absolute atomic E-state index is 0.637. The Kier molecular flexibility index (Phi) is 7.78. The molecule has 2 heterocycles. The van der Waals surface area contributed by atoms with Crippen LogP contribution in [0.3, 0.4) is 0 Å². The number of hydrogen-bond acceptors (Lipinski definition) is 3. The molecule has 0 saturated heterocycles. The molecule has 0 aliphatic rings. The molecule has 4 nitrogen and oxygen atoms in total. The molecule has 2 aromatic heterocycles. The minimum Gasteiger partial charge on any atom is -0.309 e. The van der Waals surface area contributed by atoms with Crippen molar-refractivity contribution < 1.29 is 0 Å². The fourth-order valence-corrected chi connectivity index (χ4v) is 8.16. The van der Waals surface area contributed by atoms with Crippen molar-refractivity contribution in [3.8, 4) is 62.1 Å². The number of benzene rings is 9. The van der Waals surface area contributed by atoms with Crippen molar-refractivity contribution in [3.05, 3.63) is 206 Å². The number of para-hydroxylation sites is 1. The predicted molar refractivity (Wildman–Crippen MR) is 236 cm³/mol. The molecule has 0 aliphatic carbocycles. The molecule has 9 aromatic carbocycles. The summed E-state index contributed by atoms with van der Waals surface area (Å²) in [4.78, 5) is 15.0. The summed E-state index contributed by atoms with van der Waals surface area (Å²) in [5.74, 6) is 1.92. The highest BCUT2D eigenvalue weighted by atomic mass is 15.0. The third-order valence-corrected chi connectivity index (χ3v) is 11.1. The van der Waals surface area contributed by atoms with Crippen LogP contribution in [0.4, 0.5) is 0 Å². The van der Waals surface area contributed by atoms with E-state index in [9.17, 15) is 0 Å². The predicted octanol–water partition coefficient (Wildman–Crippen LogP) is 13.6. The molecule has 11 rings (SSSR count). The van der Waals surface area contributed by atoms with E-state index in [1.807, 2.05) is 30.3 Å². The van der Waals surface area contributed by atoms with Crippen LogP contribution >= 0.6 is 0 Å². The number of rotatable bonds is 6. The van der Waals surface area contributed by atoms with Gasteiger partial charge < -0.3 is 4.57 Å². The first-order chi connectivity index (χ1) is 28.2. The van der Waals surface area contributed by atoms with Crippen molar-refractivity contribution in [2.45, 2.75) is 0 Å². The van der Waals surface area contributed by atoms with E-state index in [-0.39, 0.29) is 0 Å². The summed E-state index contributed by atoms with van der Waals surface area (Å²) in [6.45, 7) is 0. The molecule has 0 spiro atoms. The summed E-state index contributed by atoms with van der Waals surface area (Å²) in [5, 5.41) is 7.54. The maximum absolute atomic E-state index is 5.03. The standard InChI is InChI=1S/C53H34N4/c1-2-12-40(13-3-1)51-54-52(56-53(55-51)42-25-20-38(21-26-42)44-27-22-35-10-4-5-14-43(35)34-44)41-23-18-36(19-24-41)37-28-31-45(32-29-37)57-48-17-9-8-16-47(48)50-46-15-7-6-11-39(46)30-33-49(50)57/h1-34H. The molecule has 11 aromatic rings. The maximum Gasteiger partial charge on any atom is 0.164 e. The van der Waals surface area contributed by atoms with Gasteiger partial charge in [0.1, 0.15) is 0 Å². The van der Waals surface area contributed by atoms with Crippen molar-refractivity contribution in [2.24, 2.45) is 0 Å². The molecule has 0 unspecified atom stereocenters. The highest BCUT2D eigenvalue weighted by molar-refractivity contribution is 6.21. The summed E-state index contributed by atoms with van der Waals surface area (Å²) < 4.78 is 2.38. The third-order valence-electron chi connectivity index (χ3n) is 11.1. The fraction of sp³-hybridized carbons (Fsp3) is 0. The van der Waals surface area contributed by atoms with Crippen LogP contribution in [0.15, 0.2) is 206 Å². The van der Waals surface area contributed by atoms with Crippen LogP contribution < -0.4 is 0 Å². The van der Waals surface area contributed by atoms with Gasteiger partial charge in [-0.05, 0) is 74.1 Å². The van der Waals surface area contributed by atoms with Crippen molar-refractivity contribution in [1.82, 2.24) is 19.5 Å². The van der Waals surface area contributed by atoms with E-state index in [4.69, 9.17) is 15.0 Å². The highest BCUT2D eigenvalue weighted by Gasteiger charge is 2.16. The lowest BCUT2D eigenvalue weighted by molar-refractivity contribution is 1.07. The monoisotopic (exact) mass is 726 g/mol. The van der Waals surface area contributed by atoms with Gasteiger partial charge in [-0.1, -0.05) is 176 Å². The zero-order valence-corrected chi connectivity index (χ0v) is 30.9. The number of aromatic nitrogens is 4. The van der Waals surface area contributed by atoms with Crippen LogP contribution in [0.5, 0.6) is 0 Å². The Hall–Kier alpha value is -7.69. The Morgan fingerprint density at radius 1 is 0.281 bits per heavy atom. The van der Waals surface area contributed by atoms with Crippen LogP contribution in [-0.2, 0) is 0 Å². The van der Waals surface area contributed by atoms with Crippen LogP contribution in [0.2, 0.25) is 0 Å². The van der Waals surface area contributed by atoms with Crippen LogP contribution in [0, 0.1) is 0 Å². The molecule has 4 heteroatoms. The van der Waals surface area contributed by atoms with Crippen LogP contribution in [-0.4, -0.2) is 19.5 Å². The number of nitrogens with zero attached hydrogens (tertiary/aromatic N) is 4. The summed E-state index contributed by atoms with van der Waals surface area (Å²) in [7, 11) is 0. The summed E-state index contributed by atoms with van der Waals surface area (Å²) in [5.41, 5.74) is 11.0. The first kappa shape index (κ1) is 32.7. The minimum atomic E-state index is 0.637. The number of hydrogen-bond donors (Lipinski definition) is 0. The van der Waals surface area contributed by atoms with Crippen molar-refractivity contribution >= 4 is 43.4 Å². The second-order valence-electron chi connectivity index (χ2n) is 14.5. The second-order valence-corrected chi connectivity index (χ2v) is 14.5. The fourth-order valence-electron chi connectivity index (χ4n) is 8.16. The summed E-state index contributed by atoms with van der Waals surface area (Å²) in [6, 6.07) is 72.9. The molecule has 0 amide bonds. The maximum atomic E-state index is 5.03. The van der Waals surface area contributed by atoms with Gasteiger partial charge in [-0.2, -0.15) is 0 Å². The SMILES string of the molecule is c1ccc(-c2nc(-c3ccc(-c4ccc(-n5c6ccccc6c6c7ccccc7ccc65)cc4)cc3)nc(-c3ccc(-c4ccc5ccccc5c4)cc3)n2)cc1. The zero-order valence-electron chi connectivity index (χ0n) is 30.9. The quantitative estimate of drug-likeness (QED) is 0.171. The summed E-state index contributed by atoms with van der Waals surface area (Å²) >= 11 is 0. The van der Waals surface area contributed by atoms with Gasteiger partial charge in [0, 0.05) is 33.2 Å². The van der Waals surface area contributed by atoms with E-state index >= 15 is 0 Å². The molecule has 266 valence electrons. The van der Waals surface area contributed by atoms with Crippen LogP contribution in [0.25, 0.3) is 105 Å². The Bertz CT molecular complexity index is 3260. The first-order valence-corrected chi connectivity index (χ1v) is 19.3. The Labute approximate surface area is 330 Å². The Morgan fingerprint density at radius 2 is 0.737 bits per heavy atom. The zero-order chi connectivity index (χ0) is 37.7. The molecular formula is C53H34N4. The van der Waals surface area contributed by atoms with E-state index in [2.05, 4.69) is 180 Å². The van der Waals surface area contributed by atoms with E-state index in [1.165, 1.54) is 48.9 Å². The van der Waals surface area contributed by atoms with Crippen LogP contribution in [0.1, 0.15) is 0 Å². The van der Waals surface area contributed by atoms with Gasteiger partial charge in [-0.25, -0.2) is 15.0 Å². The van der Waals surface area contributed by atoms with E-state index in [0.717, 1.165) is 39.1 Å². The van der Waals surface area contributed by atoms with Gasteiger partial charge in [0.25, 0.3) is 0 Å². The van der Waals surface area contributed by atoms with Gasteiger partial charge in [-0.15, -0.1) is 0 Å². The van der Waals surface area contributed by atoms with Crippen molar-refractivity contribution in [3.63, 3.8) is 0 Å². The van der Waals surface area contributed by atoms with Crippen molar-refractivity contribution in [2.75, 3.05) is 0 Å². The molecule has 0 atom stereocenters. The topological polar surface area (TPSA) is 43.6 Å². The van der Waals surface area contributed by atoms with Crippen molar-refractivity contribution in [1.29, 1.82) is 0 Å². The molecule has 0 bridgehead atoms. The lowest BCUT2D eigenvalue weighted by Crippen LogP contribution is -2.00. The molecule has 0 aliphatic heterocycles. The van der Waals surface area contributed by atoms with Gasteiger partial charge in [-0.3, -0.25) is 0 Å². The average Bonchev–Trinajstić information content (AvgIpc) is 3.64. The largest absolute Gasteiger partial charge is 0.309 e. The summed E-state index contributed by atoms with van der Waals surface area (Å²) in [6.07, 6.45) is 0. The number of fused-ring (bicyclic) bond motifs is 6. The molecule has 0 N–H and O–H groups in total. The Morgan fingerprint density at radius 3 is 1.40 bits per heavy atom. The smallest absolute Gasteiger partial charge is 0.164 e. The van der Waals surface area contributed by atoms with E-state index < -0.39 is 0 Å². The lowest BCUT2D eigenvalue weighted by Gasteiger charge is -2.11. The first-order valence-electron chi connectivity index (χ1n) is 19.3. The molecule has 0 radical (unpaired) electrons. The van der Waals surface area contributed by atoms with E-state index in [0.29, 0.717) is 17.5 Å². The molecule has 0 fully saturated rings. The van der Waals surface area contributed by atoms with Gasteiger partial charge in [0.2, 0.25) is 0 Å². The lowest BCUT2D eigenvalue weighted by atomic mass is 10.00. The second kappa shape index (κ2) is 13.6. The normalized spacial score (nSPS) is 11.5. The average molecular weight is 727 g/mol. The third kappa shape index (κ3) is 5.83. The molecule has 57 heavy (non-hydrogen) atoms.